The third-order valence-electron chi connectivity index (χ3n) is 6.05. The van der Waals surface area contributed by atoms with Crippen LogP contribution in [0.15, 0.2) is 12.3 Å². The van der Waals surface area contributed by atoms with Gasteiger partial charge in [0.05, 0.1) is 6.04 Å². The average Bonchev–Trinajstić information content (AvgIpc) is 3.37. The second kappa shape index (κ2) is 7.26. The minimum atomic E-state index is -0.00539. The molecule has 2 heterocycles. The lowest BCUT2D eigenvalue weighted by atomic mass is 9.96. The van der Waals surface area contributed by atoms with Crippen molar-refractivity contribution in [3.05, 3.63) is 18.0 Å². The Bertz CT molecular complexity index is 551. The molecule has 1 saturated heterocycles. The molecule has 1 N–H and O–H groups in total. The molecule has 1 aliphatic heterocycles. The van der Waals surface area contributed by atoms with Gasteiger partial charge in [0.15, 0.2) is 0 Å². The maximum atomic E-state index is 12.4. The molecule has 2 aliphatic carbocycles. The highest BCUT2D eigenvalue weighted by atomic mass is 16.1. The number of aromatic nitrogens is 2. The van der Waals surface area contributed by atoms with Crippen molar-refractivity contribution in [3.63, 3.8) is 0 Å². The molecule has 1 aromatic heterocycles. The van der Waals surface area contributed by atoms with Gasteiger partial charge in [-0.2, -0.15) is 5.10 Å². The Hall–Kier alpha value is -1.36. The fraction of sp³-hybridized carbons (Fsp3) is 0.789. The Morgan fingerprint density at radius 2 is 1.79 bits per heavy atom. The second-order valence-electron chi connectivity index (χ2n) is 7.89. The molecule has 0 spiro atoms. The van der Waals surface area contributed by atoms with Gasteiger partial charge in [0.25, 0.3) is 5.91 Å². The lowest BCUT2D eigenvalue weighted by Gasteiger charge is -2.31. The van der Waals surface area contributed by atoms with E-state index in [9.17, 15) is 4.79 Å². The lowest BCUT2D eigenvalue weighted by molar-refractivity contribution is 0.0928. The predicted molar refractivity (Wildman–Crippen MR) is 94.0 cm³/mol. The minimum absolute atomic E-state index is 0.00539. The van der Waals surface area contributed by atoms with Crippen LogP contribution in [0.5, 0.6) is 0 Å². The van der Waals surface area contributed by atoms with Crippen LogP contribution in [0.4, 0.5) is 0 Å². The molecule has 1 amide bonds. The van der Waals surface area contributed by atoms with E-state index < -0.39 is 0 Å². The number of rotatable bonds is 5. The molecule has 0 unspecified atom stereocenters. The molecule has 0 atom stereocenters. The largest absolute Gasteiger partial charge is 0.350 e. The molecule has 0 radical (unpaired) electrons. The van der Waals surface area contributed by atoms with Crippen LogP contribution < -0.4 is 5.32 Å². The fourth-order valence-corrected chi connectivity index (χ4v) is 4.30. The summed E-state index contributed by atoms with van der Waals surface area (Å²) in [5, 5.41) is 7.65. The molecule has 3 fully saturated rings. The number of nitrogens with zero attached hydrogens (tertiary/aromatic N) is 3. The van der Waals surface area contributed by atoms with E-state index in [1.54, 1.807) is 0 Å². The molecular weight excluding hydrogens is 300 g/mol. The first-order valence-electron chi connectivity index (χ1n) is 9.87. The van der Waals surface area contributed by atoms with Crippen LogP contribution in [-0.2, 0) is 0 Å². The van der Waals surface area contributed by atoms with Gasteiger partial charge in [-0.1, -0.05) is 19.3 Å². The summed E-state index contributed by atoms with van der Waals surface area (Å²) >= 11 is 0. The smallest absolute Gasteiger partial charge is 0.271 e. The number of amides is 1. The van der Waals surface area contributed by atoms with Gasteiger partial charge in [-0.25, -0.2) is 0 Å². The molecular formula is C19H30N4O. The summed E-state index contributed by atoms with van der Waals surface area (Å²) in [5.74, 6) is 0.624. The van der Waals surface area contributed by atoms with Crippen molar-refractivity contribution >= 4 is 5.91 Å². The van der Waals surface area contributed by atoms with E-state index in [2.05, 4.69) is 15.3 Å². The maximum absolute atomic E-state index is 12.4. The van der Waals surface area contributed by atoms with Crippen LogP contribution in [-0.4, -0.2) is 46.3 Å². The molecule has 3 aliphatic rings. The van der Waals surface area contributed by atoms with Crippen molar-refractivity contribution in [2.45, 2.75) is 69.9 Å². The summed E-state index contributed by atoms with van der Waals surface area (Å²) in [4.78, 5) is 15.0. The highest BCUT2D eigenvalue weighted by Crippen LogP contribution is 2.30. The minimum Gasteiger partial charge on any atom is -0.350 e. The highest BCUT2D eigenvalue weighted by Gasteiger charge is 2.31. The Balaban J connectivity index is 1.23. The van der Waals surface area contributed by atoms with Crippen molar-refractivity contribution in [2.75, 3.05) is 19.6 Å². The number of nitrogens with one attached hydrogen (secondary N) is 1. The number of piperidine rings is 1. The molecule has 132 valence electrons. The Morgan fingerprint density at radius 1 is 1.04 bits per heavy atom. The highest BCUT2D eigenvalue weighted by molar-refractivity contribution is 5.92. The van der Waals surface area contributed by atoms with E-state index in [0.717, 1.165) is 12.6 Å². The van der Waals surface area contributed by atoms with Crippen molar-refractivity contribution in [1.82, 2.24) is 20.0 Å². The van der Waals surface area contributed by atoms with Gasteiger partial charge < -0.3 is 10.2 Å². The first-order chi connectivity index (χ1) is 11.8. The van der Waals surface area contributed by atoms with Gasteiger partial charge in [0.1, 0.15) is 5.69 Å². The fourth-order valence-electron chi connectivity index (χ4n) is 4.30. The Kier molecular flexibility index (Phi) is 4.88. The predicted octanol–water partition coefficient (Wildman–Crippen LogP) is 2.99. The first kappa shape index (κ1) is 16.1. The number of carbonyl (C=O) groups is 1. The molecule has 4 rings (SSSR count). The van der Waals surface area contributed by atoms with E-state index in [0.29, 0.717) is 17.7 Å². The SMILES string of the molecule is O=C(NCC1CCN(C2CC2)CC1)c1ccn(C2CCCCC2)n1. The number of carbonyl (C=O) groups excluding carboxylic acids is 1. The second-order valence-corrected chi connectivity index (χ2v) is 7.89. The quantitative estimate of drug-likeness (QED) is 0.903. The summed E-state index contributed by atoms with van der Waals surface area (Å²) in [6.07, 6.45) is 13.5. The maximum Gasteiger partial charge on any atom is 0.271 e. The van der Waals surface area contributed by atoms with Crippen LogP contribution >= 0.6 is 0 Å². The van der Waals surface area contributed by atoms with Crippen molar-refractivity contribution in [2.24, 2.45) is 5.92 Å². The van der Waals surface area contributed by atoms with Crippen LogP contribution in [0.1, 0.15) is 74.3 Å². The van der Waals surface area contributed by atoms with Gasteiger partial charge in [0, 0.05) is 18.8 Å². The molecule has 1 aromatic rings. The summed E-state index contributed by atoms with van der Waals surface area (Å²) in [5.41, 5.74) is 0.580. The molecule has 0 aromatic carbocycles. The van der Waals surface area contributed by atoms with E-state index in [-0.39, 0.29) is 5.91 Å². The summed E-state index contributed by atoms with van der Waals surface area (Å²) in [6.45, 7) is 3.22. The van der Waals surface area contributed by atoms with Crippen LogP contribution in [0.3, 0.4) is 0 Å². The third-order valence-corrected chi connectivity index (χ3v) is 6.05. The first-order valence-corrected chi connectivity index (χ1v) is 9.87. The summed E-state index contributed by atoms with van der Waals surface area (Å²) in [6, 6.07) is 3.25. The van der Waals surface area contributed by atoms with Crippen LogP contribution in [0, 0.1) is 5.92 Å². The van der Waals surface area contributed by atoms with Gasteiger partial charge in [-0.15, -0.1) is 0 Å². The standard InChI is InChI=1S/C19H30N4O/c24-19(18-10-13-23(21-18)17-4-2-1-3-5-17)20-14-15-8-11-22(12-9-15)16-6-7-16/h10,13,15-17H,1-9,11-12,14H2,(H,20,24). The van der Waals surface area contributed by atoms with E-state index in [1.807, 2.05) is 16.9 Å². The molecule has 24 heavy (non-hydrogen) atoms. The van der Waals surface area contributed by atoms with Gasteiger partial charge >= 0.3 is 0 Å². The summed E-state index contributed by atoms with van der Waals surface area (Å²) < 4.78 is 2.02. The average molecular weight is 330 g/mol. The van der Waals surface area contributed by atoms with E-state index in [1.165, 1.54) is 70.9 Å². The molecule has 5 nitrogen and oxygen atoms in total. The van der Waals surface area contributed by atoms with Gasteiger partial charge in [-0.3, -0.25) is 9.48 Å². The van der Waals surface area contributed by atoms with E-state index in [4.69, 9.17) is 0 Å². The number of likely N-dealkylation sites (tertiary alicyclic amines) is 1. The molecule has 2 saturated carbocycles. The van der Waals surface area contributed by atoms with Crippen LogP contribution in [0.2, 0.25) is 0 Å². The molecule has 5 heteroatoms. The normalized spacial score (nSPS) is 24.2. The topological polar surface area (TPSA) is 50.2 Å². The van der Waals surface area contributed by atoms with Gasteiger partial charge in [-0.05, 0) is 63.6 Å². The third kappa shape index (κ3) is 3.82. The Labute approximate surface area is 144 Å². The molecule has 0 bridgehead atoms. The van der Waals surface area contributed by atoms with Crippen LogP contribution in [0.25, 0.3) is 0 Å². The number of hydrogen-bond acceptors (Lipinski definition) is 3. The van der Waals surface area contributed by atoms with Crippen molar-refractivity contribution in [3.8, 4) is 0 Å². The van der Waals surface area contributed by atoms with Crippen molar-refractivity contribution in [1.29, 1.82) is 0 Å². The van der Waals surface area contributed by atoms with Crippen molar-refractivity contribution < 1.29 is 4.79 Å². The lowest BCUT2D eigenvalue weighted by Crippen LogP contribution is -2.39. The monoisotopic (exact) mass is 330 g/mol. The Morgan fingerprint density at radius 3 is 2.50 bits per heavy atom. The van der Waals surface area contributed by atoms with E-state index >= 15 is 0 Å². The summed E-state index contributed by atoms with van der Waals surface area (Å²) in [7, 11) is 0. The number of hydrogen-bond donors (Lipinski definition) is 1. The zero-order chi connectivity index (χ0) is 16.4. The zero-order valence-corrected chi connectivity index (χ0v) is 14.6. The zero-order valence-electron chi connectivity index (χ0n) is 14.6. The van der Waals surface area contributed by atoms with Gasteiger partial charge in [0.2, 0.25) is 0 Å².